The van der Waals surface area contributed by atoms with Crippen molar-refractivity contribution in [3.8, 4) is 0 Å². The Morgan fingerprint density at radius 1 is 0.500 bits per heavy atom. The van der Waals surface area contributed by atoms with Crippen molar-refractivity contribution in [2.24, 2.45) is 0 Å². The van der Waals surface area contributed by atoms with Crippen molar-refractivity contribution in [1.29, 1.82) is 0 Å². The molecule has 0 amide bonds. The van der Waals surface area contributed by atoms with Gasteiger partial charge in [-0.1, -0.05) is 155 Å². The standard InChI is InChI=1S/C30H58O2/c1-3-5-7-9-11-13-15-16-17-19-21-23-25-27-29-32-30(31)28-26-24-22-20-18-14-12-10-8-6-4-2/h26,28H,3-25,27,29H2,1-2H3. The topological polar surface area (TPSA) is 26.3 Å². The highest BCUT2D eigenvalue weighted by atomic mass is 16.5. The maximum Gasteiger partial charge on any atom is 0.330 e. The van der Waals surface area contributed by atoms with Crippen LogP contribution in [0, 0.1) is 0 Å². The van der Waals surface area contributed by atoms with Crippen LogP contribution < -0.4 is 0 Å². The Bertz CT molecular complexity index is 388. The maximum absolute atomic E-state index is 11.7. The molecule has 190 valence electrons. The molecule has 0 N–H and O–H groups in total. The maximum atomic E-state index is 11.7. The normalized spacial score (nSPS) is 11.4. The summed E-state index contributed by atoms with van der Waals surface area (Å²) >= 11 is 0. The fourth-order valence-electron chi connectivity index (χ4n) is 4.27. The van der Waals surface area contributed by atoms with E-state index in [1.807, 2.05) is 6.08 Å². The van der Waals surface area contributed by atoms with E-state index in [1.54, 1.807) is 6.08 Å². The minimum atomic E-state index is -0.157. The van der Waals surface area contributed by atoms with Crippen molar-refractivity contribution < 1.29 is 9.53 Å². The molecule has 0 bridgehead atoms. The molecule has 0 atom stereocenters. The Hall–Kier alpha value is -0.790. The van der Waals surface area contributed by atoms with Gasteiger partial charge in [-0.3, -0.25) is 0 Å². The van der Waals surface area contributed by atoms with Gasteiger partial charge in [0.1, 0.15) is 0 Å². The van der Waals surface area contributed by atoms with E-state index in [0.29, 0.717) is 6.61 Å². The van der Waals surface area contributed by atoms with Crippen LogP contribution in [0.15, 0.2) is 12.2 Å². The summed E-state index contributed by atoms with van der Waals surface area (Å²) in [5.41, 5.74) is 0. The summed E-state index contributed by atoms with van der Waals surface area (Å²) in [6, 6.07) is 0. The molecule has 0 aliphatic rings. The number of carbonyl (C=O) groups excluding carboxylic acids is 1. The summed E-state index contributed by atoms with van der Waals surface area (Å²) in [4.78, 5) is 11.7. The third kappa shape index (κ3) is 27.2. The van der Waals surface area contributed by atoms with Crippen LogP contribution in [0.25, 0.3) is 0 Å². The van der Waals surface area contributed by atoms with Crippen LogP contribution in [0.5, 0.6) is 0 Å². The number of allylic oxidation sites excluding steroid dienone is 1. The highest BCUT2D eigenvalue weighted by molar-refractivity contribution is 5.81. The molecule has 0 radical (unpaired) electrons. The third-order valence-electron chi connectivity index (χ3n) is 6.47. The molecule has 0 aromatic rings. The van der Waals surface area contributed by atoms with E-state index in [4.69, 9.17) is 4.74 Å². The summed E-state index contributed by atoms with van der Waals surface area (Å²) in [7, 11) is 0. The molecule has 0 aliphatic carbocycles. The summed E-state index contributed by atoms with van der Waals surface area (Å²) < 4.78 is 5.32. The van der Waals surface area contributed by atoms with Gasteiger partial charge in [0.15, 0.2) is 0 Å². The molecule has 0 aromatic heterocycles. The first-order valence-corrected chi connectivity index (χ1v) is 14.6. The smallest absolute Gasteiger partial charge is 0.330 e. The molecule has 0 fully saturated rings. The summed E-state index contributed by atoms with van der Waals surface area (Å²) in [5, 5.41) is 0. The zero-order valence-corrected chi connectivity index (χ0v) is 22.1. The molecular weight excluding hydrogens is 392 g/mol. The molecule has 0 heterocycles. The molecule has 0 unspecified atom stereocenters. The predicted octanol–water partition coefficient (Wildman–Crippen LogP) is 10.5. The van der Waals surface area contributed by atoms with Crippen LogP contribution in [0.2, 0.25) is 0 Å². The molecule has 0 aromatic carbocycles. The van der Waals surface area contributed by atoms with Crippen LogP contribution in [-0.2, 0) is 9.53 Å². The van der Waals surface area contributed by atoms with Crippen molar-refractivity contribution in [3.05, 3.63) is 12.2 Å². The molecule has 0 saturated heterocycles. The Labute approximate surface area is 202 Å². The van der Waals surface area contributed by atoms with Gasteiger partial charge in [0.2, 0.25) is 0 Å². The van der Waals surface area contributed by atoms with Gasteiger partial charge in [0.05, 0.1) is 6.61 Å². The monoisotopic (exact) mass is 450 g/mol. The van der Waals surface area contributed by atoms with E-state index in [2.05, 4.69) is 13.8 Å². The van der Waals surface area contributed by atoms with Crippen LogP contribution >= 0.6 is 0 Å². The number of carbonyl (C=O) groups is 1. The predicted molar refractivity (Wildman–Crippen MR) is 142 cm³/mol. The SMILES string of the molecule is CCCCCCCCCCCC=CC(=O)OCCCCCCCCCCCCCCCC. The number of ether oxygens (including phenoxy) is 1. The van der Waals surface area contributed by atoms with E-state index in [9.17, 15) is 4.79 Å². The second-order valence-electron chi connectivity index (χ2n) is 9.78. The third-order valence-corrected chi connectivity index (χ3v) is 6.47. The molecule has 32 heavy (non-hydrogen) atoms. The first kappa shape index (κ1) is 31.2. The molecule has 2 nitrogen and oxygen atoms in total. The second-order valence-corrected chi connectivity index (χ2v) is 9.78. The van der Waals surface area contributed by atoms with E-state index >= 15 is 0 Å². The fraction of sp³-hybridized carbons (Fsp3) is 0.900. The molecule has 0 spiro atoms. The average Bonchev–Trinajstić information content (AvgIpc) is 2.80. The van der Waals surface area contributed by atoms with E-state index in [-0.39, 0.29) is 5.97 Å². The van der Waals surface area contributed by atoms with Crippen molar-refractivity contribution in [3.63, 3.8) is 0 Å². The van der Waals surface area contributed by atoms with Gasteiger partial charge in [-0.15, -0.1) is 0 Å². The van der Waals surface area contributed by atoms with Crippen LogP contribution in [0.4, 0.5) is 0 Å². The lowest BCUT2D eigenvalue weighted by Gasteiger charge is -2.04. The molecule has 0 rings (SSSR count). The van der Waals surface area contributed by atoms with Crippen molar-refractivity contribution in [1.82, 2.24) is 0 Å². The number of hydrogen-bond acceptors (Lipinski definition) is 2. The largest absolute Gasteiger partial charge is 0.463 e. The highest BCUT2D eigenvalue weighted by Crippen LogP contribution is 2.13. The van der Waals surface area contributed by atoms with Gasteiger partial charge >= 0.3 is 5.97 Å². The number of hydrogen-bond donors (Lipinski definition) is 0. The lowest BCUT2D eigenvalue weighted by molar-refractivity contribution is -0.137. The van der Waals surface area contributed by atoms with Crippen LogP contribution in [0.1, 0.15) is 168 Å². The Morgan fingerprint density at radius 3 is 1.25 bits per heavy atom. The zero-order chi connectivity index (χ0) is 23.4. The highest BCUT2D eigenvalue weighted by Gasteiger charge is 1.98. The van der Waals surface area contributed by atoms with Gasteiger partial charge in [0, 0.05) is 6.08 Å². The van der Waals surface area contributed by atoms with Crippen LogP contribution in [0.3, 0.4) is 0 Å². The minimum Gasteiger partial charge on any atom is -0.463 e. The lowest BCUT2D eigenvalue weighted by Crippen LogP contribution is -2.02. The Kier molecular flexibility index (Phi) is 27.5. The molecule has 0 saturated carbocycles. The second kappa shape index (κ2) is 28.2. The Balaban J connectivity index is 3.21. The Morgan fingerprint density at radius 2 is 0.844 bits per heavy atom. The van der Waals surface area contributed by atoms with Gasteiger partial charge in [-0.05, 0) is 19.3 Å². The van der Waals surface area contributed by atoms with E-state index in [1.165, 1.54) is 141 Å². The molecule has 0 aliphatic heterocycles. The average molecular weight is 451 g/mol. The molecule has 2 heteroatoms. The first-order valence-electron chi connectivity index (χ1n) is 14.6. The van der Waals surface area contributed by atoms with Crippen molar-refractivity contribution in [2.75, 3.05) is 6.61 Å². The van der Waals surface area contributed by atoms with Gasteiger partial charge < -0.3 is 4.74 Å². The van der Waals surface area contributed by atoms with Gasteiger partial charge in [-0.25, -0.2) is 4.79 Å². The summed E-state index contributed by atoms with van der Waals surface area (Å²) in [5.74, 6) is -0.157. The van der Waals surface area contributed by atoms with E-state index < -0.39 is 0 Å². The number of esters is 1. The quantitative estimate of drug-likeness (QED) is 0.0744. The summed E-state index contributed by atoms with van der Waals surface area (Å²) in [6.07, 6.45) is 35.6. The summed E-state index contributed by atoms with van der Waals surface area (Å²) in [6.45, 7) is 5.13. The minimum absolute atomic E-state index is 0.157. The number of unbranched alkanes of at least 4 members (excludes halogenated alkanes) is 22. The van der Waals surface area contributed by atoms with Crippen LogP contribution in [-0.4, -0.2) is 12.6 Å². The van der Waals surface area contributed by atoms with Gasteiger partial charge in [-0.2, -0.15) is 0 Å². The van der Waals surface area contributed by atoms with Crippen molar-refractivity contribution in [2.45, 2.75) is 168 Å². The molecular formula is C30H58O2. The van der Waals surface area contributed by atoms with Crippen molar-refractivity contribution >= 4 is 5.97 Å². The lowest BCUT2D eigenvalue weighted by atomic mass is 10.0. The first-order chi connectivity index (χ1) is 15.8. The van der Waals surface area contributed by atoms with E-state index in [0.717, 1.165) is 12.8 Å². The zero-order valence-electron chi connectivity index (χ0n) is 22.1. The number of rotatable bonds is 26. The van der Waals surface area contributed by atoms with Gasteiger partial charge in [0.25, 0.3) is 0 Å². The fourth-order valence-corrected chi connectivity index (χ4v) is 4.27.